The Bertz CT molecular complexity index is 1170. The highest BCUT2D eigenvalue weighted by Crippen LogP contribution is 2.26. The zero-order chi connectivity index (χ0) is 23.3. The highest BCUT2D eigenvalue weighted by molar-refractivity contribution is 6.09. The van der Waals surface area contributed by atoms with Crippen LogP contribution in [0.25, 0.3) is 11.1 Å². The van der Waals surface area contributed by atoms with Crippen LogP contribution in [0.4, 0.5) is 22.7 Å². The Morgan fingerprint density at radius 1 is 0.562 bits per heavy atom. The van der Waals surface area contributed by atoms with E-state index in [1.807, 2.05) is 38.1 Å². The van der Waals surface area contributed by atoms with Gasteiger partial charge in [-0.05, 0) is 84.6 Å². The molecule has 0 fully saturated rings. The van der Waals surface area contributed by atoms with Gasteiger partial charge in [0.05, 0.1) is 0 Å². The number of hydrogen-bond acceptors (Lipinski definition) is 5. The molecule has 0 saturated carbocycles. The van der Waals surface area contributed by atoms with E-state index in [9.17, 15) is 4.79 Å². The molecule has 0 saturated heterocycles. The van der Waals surface area contributed by atoms with Gasteiger partial charge in [-0.15, -0.1) is 0 Å². The molecule has 4 aromatic rings. The fourth-order valence-corrected chi connectivity index (χ4v) is 3.24. The quantitative estimate of drug-likeness (QED) is 0.265. The van der Waals surface area contributed by atoms with Crippen LogP contribution in [0.3, 0.4) is 0 Å². The maximum atomic E-state index is 12.0. The molecule has 0 spiro atoms. The Balaban J connectivity index is 0.000000181. The molecule has 32 heavy (non-hydrogen) atoms. The first-order valence-electron chi connectivity index (χ1n) is 10.2. The molecule has 0 aliphatic rings. The second kappa shape index (κ2) is 9.71. The maximum Gasteiger partial charge on any atom is 0.193 e. The number of rotatable bonds is 3. The van der Waals surface area contributed by atoms with Crippen LogP contribution in [0.5, 0.6) is 0 Å². The summed E-state index contributed by atoms with van der Waals surface area (Å²) in [5.41, 5.74) is 31.4. The summed E-state index contributed by atoms with van der Waals surface area (Å²) in [6.45, 7) is 4.03. The summed E-state index contributed by atoms with van der Waals surface area (Å²) in [6, 6.07) is 25.9. The lowest BCUT2D eigenvalue weighted by molar-refractivity contribution is 0.103. The highest BCUT2D eigenvalue weighted by atomic mass is 16.1. The molecule has 0 atom stereocenters. The van der Waals surface area contributed by atoms with Gasteiger partial charge in [0.25, 0.3) is 0 Å². The number of carbonyl (C=O) groups excluding carboxylic acids is 1. The molecular weight excluding hydrogens is 396 g/mol. The Morgan fingerprint density at radius 2 is 0.969 bits per heavy atom. The molecule has 5 nitrogen and oxygen atoms in total. The lowest BCUT2D eigenvalue weighted by atomic mass is 10.0. The molecule has 5 heteroatoms. The van der Waals surface area contributed by atoms with Crippen molar-refractivity contribution < 1.29 is 4.79 Å². The summed E-state index contributed by atoms with van der Waals surface area (Å²) in [5, 5.41) is 0. The molecule has 4 rings (SSSR count). The van der Waals surface area contributed by atoms with Gasteiger partial charge in [0.1, 0.15) is 0 Å². The molecule has 162 valence electrons. The summed E-state index contributed by atoms with van der Waals surface area (Å²) in [4.78, 5) is 12.0. The average Bonchev–Trinajstić information content (AvgIpc) is 2.77. The van der Waals surface area contributed by atoms with Gasteiger partial charge in [0.2, 0.25) is 0 Å². The lowest BCUT2D eigenvalue weighted by Gasteiger charge is -2.07. The molecule has 0 unspecified atom stereocenters. The topological polar surface area (TPSA) is 121 Å². The molecule has 0 amide bonds. The van der Waals surface area contributed by atoms with Crippen LogP contribution in [0, 0.1) is 13.8 Å². The second-order valence-electron chi connectivity index (χ2n) is 7.72. The number of nitrogens with two attached hydrogens (primary N) is 4. The van der Waals surface area contributed by atoms with Crippen LogP contribution in [-0.4, -0.2) is 5.78 Å². The molecule has 0 aromatic heterocycles. The molecule has 0 radical (unpaired) electrons. The van der Waals surface area contributed by atoms with Crippen molar-refractivity contribution in [2.75, 3.05) is 22.9 Å². The Hall–Kier alpha value is -4.25. The first kappa shape index (κ1) is 22.4. The van der Waals surface area contributed by atoms with Gasteiger partial charge < -0.3 is 22.9 Å². The zero-order valence-corrected chi connectivity index (χ0v) is 18.3. The number of benzene rings is 4. The van der Waals surface area contributed by atoms with E-state index < -0.39 is 0 Å². The van der Waals surface area contributed by atoms with E-state index in [4.69, 9.17) is 22.9 Å². The van der Waals surface area contributed by atoms with Crippen molar-refractivity contribution in [3.05, 3.63) is 107 Å². The van der Waals surface area contributed by atoms with E-state index in [0.29, 0.717) is 22.5 Å². The molecule has 0 heterocycles. The minimum Gasteiger partial charge on any atom is -0.399 e. The van der Waals surface area contributed by atoms with Crippen LogP contribution >= 0.6 is 0 Å². The number of anilines is 4. The number of aryl methyl sites for hydroxylation is 2. The van der Waals surface area contributed by atoms with Crippen LogP contribution < -0.4 is 22.9 Å². The van der Waals surface area contributed by atoms with Crippen LogP contribution in [-0.2, 0) is 0 Å². The third kappa shape index (κ3) is 5.46. The monoisotopic (exact) mass is 424 g/mol. The predicted octanol–water partition coefficient (Wildman–Crippen LogP) is 5.22. The maximum absolute atomic E-state index is 12.0. The first-order valence-corrected chi connectivity index (χ1v) is 10.2. The van der Waals surface area contributed by atoms with Gasteiger partial charge in [-0.2, -0.15) is 0 Å². The lowest BCUT2D eigenvalue weighted by Crippen LogP contribution is -2.02. The third-order valence-corrected chi connectivity index (χ3v) is 5.17. The summed E-state index contributed by atoms with van der Waals surface area (Å²) in [5.74, 6) is -0.0698. The second-order valence-corrected chi connectivity index (χ2v) is 7.72. The summed E-state index contributed by atoms with van der Waals surface area (Å²) >= 11 is 0. The van der Waals surface area contributed by atoms with E-state index in [1.54, 1.807) is 48.5 Å². The highest BCUT2D eigenvalue weighted by Gasteiger charge is 2.09. The third-order valence-electron chi connectivity index (χ3n) is 5.17. The van der Waals surface area contributed by atoms with Crippen LogP contribution in [0.2, 0.25) is 0 Å². The molecule has 0 aliphatic heterocycles. The Labute approximate surface area is 188 Å². The van der Waals surface area contributed by atoms with Crippen molar-refractivity contribution in [1.82, 2.24) is 0 Å². The Morgan fingerprint density at radius 3 is 1.31 bits per heavy atom. The smallest absolute Gasteiger partial charge is 0.193 e. The van der Waals surface area contributed by atoms with Crippen LogP contribution in [0.1, 0.15) is 27.0 Å². The van der Waals surface area contributed by atoms with Gasteiger partial charge in [0.15, 0.2) is 5.78 Å². The average molecular weight is 425 g/mol. The van der Waals surface area contributed by atoms with Gasteiger partial charge >= 0.3 is 0 Å². The fraction of sp³-hybridized carbons (Fsp3) is 0.0741. The molecular formula is C27H28N4O. The van der Waals surface area contributed by atoms with E-state index >= 15 is 0 Å². The normalized spacial score (nSPS) is 10.2. The predicted molar refractivity (Wildman–Crippen MR) is 135 cm³/mol. The van der Waals surface area contributed by atoms with Crippen molar-refractivity contribution >= 4 is 28.5 Å². The minimum absolute atomic E-state index is 0.0698. The molecule has 0 aliphatic carbocycles. The zero-order valence-electron chi connectivity index (χ0n) is 18.3. The van der Waals surface area contributed by atoms with E-state index in [1.165, 1.54) is 11.1 Å². The van der Waals surface area contributed by atoms with Gasteiger partial charge in [-0.25, -0.2) is 0 Å². The van der Waals surface area contributed by atoms with Gasteiger partial charge in [-0.1, -0.05) is 36.4 Å². The van der Waals surface area contributed by atoms with Crippen molar-refractivity contribution in [3.8, 4) is 11.1 Å². The summed E-state index contributed by atoms with van der Waals surface area (Å²) in [7, 11) is 0. The van der Waals surface area contributed by atoms with Crippen molar-refractivity contribution in [2.45, 2.75) is 13.8 Å². The first-order chi connectivity index (χ1) is 15.2. The molecule has 8 N–H and O–H groups in total. The van der Waals surface area contributed by atoms with Crippen molar-refractivity contribution in [1.29, 1.82) is 0 Å². The number of carbonyl (C=O) groups is 1. The molecule has 4 aromatic carbocycles. The van der Waals surface area contributed by atoms with E-state index in [2.05, 4.69) is 12.1 Å². The van der Waals surface area contributed by atoms with Crippen molar-refractivity contribution in [3.63, 3.8) is 0 Å². The summed E-state index contributed by atoms with van der Waals surface area (Å²) in [6.07, 6.45) is 0. The number of ketones is 1. The van der Waals surface area contributed by atoms with E-state index in [-0.39, 0.29) is 5.78 Å². The SMILES string of the molecule is Cc1cc(-c2ccc(N)c(C)c2)ccc1N.Nc1cccc(C(=O)c2cccc(N)c2)c1. The largest absolute Gasteiger partial charge is 0.399 e. The molecule has 0 bridgehead atoms. The van der Waals surface area contributed by atoms with Gasteiger partial charge in [-0.3, -0.25) is 4.79 Å². The number of hydrogen-bond donors (Lipinski definition) is 4. The van der Waals surface area contributed by atoms with Crippen molar-refractivity contribution in [2.24, 2.45) is 0 Å². The summed E-state index contributed by atoms with van der Waals surface area (Å²) < 4.78 is 0. The van der Waals surface area contributed by atoms with Gasteiger partial charge in [0, 0.05) is 33.9 Å². The number of nitrogen functional groups attached to an aromatic ring is 4. The Kier molecular flexibility index (Phi) is 6.80. The minimum atomic E-state index is -0.0698. The fourth-order valence-electron chi connectivity index (χ4n) is 3.24. The van der Waals surface area contributed by atoms with E-state index in [0.717, 1.165) is 22.5 Å². The van der Waals surface area contributed by atoms with Crippen LogP contribution in [0.15, 0.2) is 84.9 Å². The standard InChI is InChI=1S/C14H16N2.C13H12N2O/c1-9-7-11(3-5-13(9)15)12-4-6-14(16)10(2)8-12;14-11-5-1-3-9(7-11)13(16)10-4-2-6-12(15)8-10/h3-8H,15-16H2,1-2H3;1-8H,14-15H2.